The molecule has 0 aromatic heterocycles. The fraction of sp³-hybridized carbons (Fsp3) is 0.600. The van der Waals surface area contributed by atoms with E-state index in [4.69, 9.17) is 10.5 Å². The van der Waals surface area contributed by atoms with Crippen molar-refractivity contribution < 1.29 is 27.5 Å². The number of halogens is 3. The van der Waals surface area contributed by atoms with Crippen LogP contribution in [0, 0.1) is 0 Å². The zero-order chi connectivity index (χ0) is 20.3. The lowest BCUT2D eigenvalue weighted by molar-refractivity contribution is -0.138. The lowest BCUT2D eigenvalue weighted by Gasteiger charge is -2.29. The van der Waals surface area contributed by atoms with Crippen LogP contribution in [-0.4, -0.2) is 30.1 Å². The Morgan fingerprint density at radius 3 is 2.36 bits per heavy atom. The van der Waals surface area contributed by atoms with Gasteiger partial charge in [-0.25, -0.2) is 0 Å². The Morgan fingerprint density at radius 2 is 1.68 bits per heavy atom. The molecule has 5 nitrogen and oxygen atoms in total. The Morgan fingerprint density at radius 1 is 1.00 bits per heavy atom. The highest BCUT2D eigenvalue weighted by Crippen LogP contribution is 2.40. The Balaban J connectivity index is 1.79. The van der Waals surface area contributed by atoms with E-state index >= 15 is 0 Å². The van der Waals surface area contributed by atoms with E-state index in [1.54, 1.807) is 6.07 Å². The molecule has 1 saturated carbocycles. The van der Waals surface area contributed by atoms with Crippen LogP contribution in [0.5, 0.6) is 0 Å². The van der Waals surface area contributed by atoms with E-state index < -0.39 is 41.8 Å². The molecule has 0 bridgehead atoms. The molecular formula is C20H25F3N2O3. The molecular weight excluding hydrogens is 373 g/mol. The van der Waals surface area contributed by atoms with E-state index in [0.717, 1.165) is 25.3 Å². The van der Waals surface area contributed by atoms with Crippen molar-refractivity contribution in [1.82, 2.24) is 5.32 Å². The number of primary amides is 1. The third-order valence-corrected chi connectivity index (χ3v) is 5.64. The van der Waals surface area contributed by atoms with Gasteiger partial charge in [-0.05, 0) is 37.3 Å². The van der Waals surface area contributed by atoms with Gasteiger partial charge in [0, 0.05) is 12.0 Å². The highest BCUT2D eigenvalue weighted by Gasteiger charge is 2.39. The minimum Gasteiger partial charge on any atom is -0.367 e. The first kappa shape index (κ1) is 20.6. The molecule has 1 saturated heterocycles. The number of rotatable bonds is 4. The molecule has 3 N–H and O–H groups in total. The summed E-state index contributed by atoms with van der Waals surface area (Å²) in [5, 5.41) is 2.90. The van der Waals surface area contributed by atoms with Crippen LogP contribution in [0.4, 0.5) is 13.2 Å². The number of hydrogen-bond acceptors (Lipinski definition) is 3. The van der Waals surface area contributed by atoms with E-state index in [-0.39, 0.29) is 11.5 Å². The number of alkyl halides is 3. The number of benzene rings is 1. The van der Waals surface area contributed by atoms with Crippen molar-refractivity contribution in [2.24, 2.45) is 5.73 Å². The van der Waals surface area contributed by atoms with E-state index in [1.165, 1.54) is 12.1 Å². The third-order valence-electron chi connectivity index (χ3n) is 5.64. The first-order valence-electron chi connectivity index (χ1n) is 9.68. The van der Waals surface area contributed by atoms with Crippen LogP contribution in [-0.2, 0) is 20.5 Å². The number of nitrogens with one attached hydrogen (secondary N) is 1. The smallest absolute Gasteiger partial charge is 0.367 e. The van der Waals surface area contributed by atoms with Gasteiger partial charge in [-0.3, -0.25) is 9.59 Å². The van der Waals surface area contributed by atoms with Crippen molar-refractivity contribution in [3.8, 4) is 0 Å². The summed E-state index contributed by atoms with van der Waals surface area (Å²) in [7, 11) is 0. The summed E-state index contributed by atoms with van der Waals surface area (Å²) < 4.78 is 45.9. The highest BCUT2D eigenvalue weighted by molar-refractivity contribution is 5.84. The average Bonchev–Trinajstić information content (AvgIpc) is 3.03. The molecule has 2 fully saturated rings. The molecule has 1 heterocycles. The standard InChI is InChI=1S/C20H25F3N2O3/c21-20(22,23)14-8-5-4-6-12(14)13-7-2-1-3-9-15(13)25-19(27)17-11-10-16(28-17)18(24)26/h4-6,8,13,15-17H,1-3,7,9-11H2,(H2,24,26)(H,25,27)/t13?,15?,16-,17+/m0/s1. The highest BCUT2D eigenvalue weighted by atomic mass is 19.4. The van der Waals surface area contributed by atoms with Crippen molar-refractivity contribution in [3.63, 3.8) is 0 Å². The molecule has 154 valence electrons. The summed E-state index contributed by atoms with van der Waals surface area (Å²) in [5.74, 6) is -1.41. The van der Waals surface area contributed by atoms with Crippen molar-refractivity contribution in [1.29, 1.82) is 0 Å². The fourth-order valence-corrected chi connectivity index (χ4v) is 4.25. The van der Waals surface area contributed by atoms with Crippen LogP contribution < -0.4 is 11.1 Å². The van der Waals surface area contributed by atoms with Gasteiger partial charge in [0.2, 0.25) is 11.8 Å². The second-order valence-electron chi connectivity index (χ2n) is 7.54. The predicted octanol–water partition coefficient (Wildman–Crippen LogP) is 3.27. The third kappa shape index (κ3) is 4.66. The van der Waals surface area contributed by atoms with Gasteiger partial charge in [0.1, 0.15) is 12.2 Å². The van der Waals surface area contributed by atoms with Gasteiger partial charge in [0.25, 0.3) is 0 Å². The molecule has 0 spiro atoms. The second-order valence-corrected chi connectivity index (χ2v) is 7.54. The van der Waals surface area contributed by atoms with Gasteiger partial charge in [-0.15, -0.1) is 0 Å². The maximum atomic E-state index is 13.5. The van der Waals surface area contributed by atoms with E-state index in [9.17, 15) is 22.8 Å². The molecule has 2 amide bonds. The van der Waals surface area contributed by atoms with Crippen molar-refractivity contribution >= 4 is 11.8 Å². The molecule has 1 aromatic carbocycles. The number of carbonyl (C=O) groups excluding carboxylic acids is 2. The summed E-state index contributed by atoms with van der Waals surface area (Å²) >= 11 is 0. The van der Waals surface area contributed by atoms with Gasteiger partial charge in [-0.1, -0.05) is 37.5 Å². The van der Waals surface area contributed by atoms with Crippen LogP contribution in [0.3, 0.4) is 0 Å². The first-order chi connectivity index (χ1) is 13.3. The van der Waals surface area contributed by atoms with Crippen LogP contribution >= 0.6 is 0 Å². The number of nitrogens with two attached hydrogens (primary N) is 1. The summed E-state index contributed by atoms with van der Waals surface area (Å²) in [5.41, 5.74) is 4.80. The quantitative estimate of drug-likeness (QED) is 0.764. The molecule has 8 heteroatoms. The maximum Gasteiger partial charge on any atom is 0.416 e. The summed E-state index contributed by atoms with van der Waals surface area (Å²) in [6, 6.07) is 5.18. The molecule has 2 aliphatic rings. The van der Waals surface area contributed by atoms with Gasteiger partial charge >= 0.3 is 6.18 Å². The van der Waals surface area contributed by atoms with Crippen LogP contribution in [0.2, 0.25) is 0 Å². The molecule has 28 heavy (non-hydrogen) atoms. The number of carbonyl (C=O) groups is 2. The normalized spacial score (nSPS) is 28.5. The molecule has 1 aromatic rings. The molecule has 0 radical (unpaired) electrons. The molecule has 2 unspecified atom stereocenters. The molecule has 3 rings (SSSR count). The number of amides is 2. The van der Waals surface area contributed by atoms with Crippen molar-refractivity contribution in [2.45, 2.75) is 75.3 Å². The monoisotopic (exact) mass is 398 g/mol. The Bertz CT molecular complexity index is 723. The fourth-order valence-electron chi connectivity index (χ4n) is 4.25. The Hall–Kier alpha value is -2.09. The zero-order valence-corrected chi connectivity index (χ0v) is 15.5. The SMILES string of the molecule is NC(=O)[C@@H]1CC[C@H](C(=O)NC2CCCCCC2c2ccccc2C(F)(F)F)O1. The molecule has 1 aliphatic heterocycles. The van der Waals surface area contributed by atoms with Gasteiger partial charge in [0.15, 0.2) is 0 Å². The Kier molecular flexibility index (Phi) is 6.27. The van der Waals surface area contributed by atoms with Crippen molar-refractivity contribution in [2.75, 3.05) is 0 Å². The maximum absolute atomic E-state index is 13.5. The van der Waals surface area contributed by atoms with E-state index in [0.29, 0.717) is 25.7 Å². The topological polar surface area (TPSA) is 81.4 Å². The van der Waals surface area contributed by atoms with Gasteiger partial charge in [0.05, 0.1) is 5.56 Å². The molecule has 4 atom stereocenters. The number of ether oxygens (including phenoxy) is 1. The minimum absolute atomic E-state index is 0.226. The average molecular weight is 398 g/mol. The van der Waals surface area contributed by atoms with E-state index in [2.05, 4.69) is 5.32 Å². The molecule has 1 aliphatic carbocycles. The summed E-state index contributed by atoms with van der Waals surface area (Å²) in [6.07, 6.45) is -1.53. The minimum atomic E-state index is -4.44. The van der Waals surface area contributed by atoms with Gasteiger partial charge in [-0.2, -0.15) is 13.2 Å². The van der Waals surface area contributed by atoms with Crippen LogP contribution in [0.15, 0.2) is 24.3 Å². The summed E-state index contributed by atoms with van der Waals surface area (Å²) in [6.45, 7) is 0. The Labute approximate surface area is 161 Å². The summed E-state index contributed by atoms with van der Waals surface area (Å²) in [4.78, 5) is 23.9. The lowest BCUT2D eigenvalue weighted by atomic mass is 9.84. The largest absolute Gasteiger partial charge is 0.416 e. The van der Waals surface area contributed by atoms with Crippen LogP contribution in [0.1, 0.15) is 62.0 Å². The number of hydrogen-bond donors (Lipinski definition) is 2. The zero-order valence-electron chi connectivity index (χ0n) is 15.5. The predicted molar refractivity (Wildman–Crippen MR) is 96.3 cm³/mol. The second kappa shape index (κ2) is 8.51. The lowest BCUT2D eigenvalue weighted by Crippen LogP contribution is -2.44. The first-order valence-corrected chi connectivity index (χ1v) is 9.68. The van der Waals surface area contributed by atoms with Crippen LogP contribution in [0.25, 0.3) is 0 Å². The van der Waals surface area contributed by atoms with E-state index in [1.807, 2.05) is 0 Å². The van der Waals surface area contributed by atoms with Gasteiger partial charge < -0.3 is 15.8 Å². The van der Waals surface area contributed by atoms with Crippen molar-refractivity contribution in [3.05, 3.63) is 35.4 Å².